The Balaban J connectivity index is 1.36. The van der Waals surface area contributed by atoms with Crippen LogP contribution in [0.2, 0.25) is 0 Å². The Hall–Kier alpha value is -4.01. The molecule has 0 spiro atoms. The molecule has 170 valence electrons. The van der Waals surface area contributed by atoms with E-state index in [0.29, 0.717) is 41.8 Å². The summed E-state index contributed by atoms with van der Waals surface area (Å²) < 4.78 is 0. The number of hydrogen-bond donors (Lipinski definition) is 2. The highest BCUT2D eigenvalue weighted by molar-refractivity contribution is 5.98. The monoisotopic (exact) mass is 447 g/mol. The van der Waals surface area contributed by atoms with E-state index in [1.165, 1.54) is 4.90 Å². The van der Waals surface area contributed by atoms with Crippen molar-refractivity contribution in [2.75, 3.05) is 24.5 Å². The number of likely N-dealkylation sites (N-methyl/N-ethyl adjacent to an activating group) is 1. The van der Waals surface area contributed by atoms with Crippen LogP contribution in [0, 0.1) is 0 Å². The quantitative estimate of drug-likeness (QED) is 0.573. The lowest BCUT2D eigenvalue weighted by Crippen LogP contribution is -2.40. The summed E-state index contributed by atoms with van der Waals surface area (Å²) in [4.78, 5) is 59.6. The Kier molecular flexibility index (Phi) is 6.48. The number of rotatable bonds is 7. The molecular weight excluding hydrogens is 422 g/mol. The van der Waals surface area contributed by atoms with Crippen molar-refractivity contribution in [3.05, 3.63) is 70.3 Å². The molecule has 4 rings (SSSR count). The van der Waals surface area contributed by atoms with Crippen molar-refractivity contribution in [1.82, 2.24) is 20.2 Å². The molecular formula is C24H25N5O4. The van der Waals surface area contributed by atoms with Gasteiger partial charge < -0.3 is 20.1 Å². The van der Waals surface area contributed by atoms with Gasteiger partial charge in [0.2, 0.25) is 11.8 Å². The van der Waals surface area contributed by atoms with E-state index in [2.05, 4.69) is 15.3 Å². The number of nitrogens with zero attached hydrogens (tertiary/aromatic N) is 3. The Morgan fingerprint density at radius 3 is 2.58 bits per heavy atom. The van der Waals surface area contributed by atoms with Gasteiger partial charge in [0, 0.05) is 30.8 Å². The number of carbonyl (C=O) groups is 3. The number of nitrogens with one attached hydrogen (secondary N) is 2. The third kappa shape index (κ3) is 4.92. The standard InChI is InChI=1S/C24H25N5O4/c1-2-28(15-20-26-19-7-4-3-6-18(19)24(33)27-20)22(31)14-25-23(32)16-9-11-17(12-10-16)29-13-5-8-21(29)30/h3-4,6-7,9-12H,2,5,8,13-15H2,1H3,(H,25,32)(H,26,27,33). The van der Waals surface area contributed by atoms with E-state index in [-0.39, 0.29) is 36.4 Å². The first kappa shape index (κ1) is 22.2. The van der Waals surface area contributed by atoms with Crippen LogP contribution in [0.1, 0.15) is 35.9 Å². The normalized spacial score (nSPS) is 13.4. The zero-order valence-corrected chi connectivity index (χ0v) is 18.3. The molecule has 3 amide bonds. The first-order valence-corrected chi connectivity index (χ1v) is 10.9. The maximum atomic E-state index is 12.7. The highest BCUT2D eigenvalue weighted by Gasteiger charge is 2.22. The number of H-pyrrole nitrogens is 1. The molecule has 1 saturated heterocycles. The predicted octanol–water partition coefficient (Wildman–Crippen LogP) is 1.83. The maximum absolute atomic E-state index is 12.7. The summed E-state index contributed by atoms with van der Waals surface area (Å²) in [5, 5.41) is 3.12. The summed E-state index contributed by atoms with van der Waals surface area (Å²) in [7, 11) is 0. The van der Waals surface area contributed by atoms with Gasteiger partial charge in [-0.25, -0.2) is 4.98 Å². The van der Waals surface area contributed by atoms with Crippen LogP contribution in [-0.4, -0.2) is 52.2 Å². The van der Waals surface area contributed by atoms with Crippen molar-refractivity contribution in [2.45, 2.75) is 26.3 Å². The summed E-state index contributed by atoms with van der Waals surface area (Å²) in [5.74, 6) is -0.205. The summed E-state index contributed by atoms with van der Waals surface area (Å²) >= 11 is 0. The summed E-state index contributed by atoms with van der Waals surface area (Å²) in [6.07, 6.45) is 1.38. The van der Waals surface area contributed by atoms with Gasteiger partial charge >= 0.3 is 0 Å². The molecule has 1 aliphatic heterocycles. The van der Waals surface area contributed by atoms with Crippen LogP contribution in [0.5, 0.6) is 0 Å². The zero-order valence-electron chi connectivity index (χ0n) is 18.3. The number of fused-ring (bicyclic) bond motifs is 1. The van der Waals surface area contributed by atoms with Gasteiger partial charge in [-0.2, -0.15) is 0 Å². The second kappa shape index (κ2) is 9.64. The molecule has 0 bridgehead atoms. The van der Waals surface area contributed by atoms with Crippen molar-refractivity contribution >= 4 is 34.3 Å². The first-order chi connectivity index (χ1) is 16.0. The topological polar surface area (TPSA) is 115 Å². The third-order valence-corrected chi connectivity index (χ3v) is 5.65. The van der Waals surface area contributed by atoms with Crippen LogP contribution in [-0.2, 0) is 16.1 Å². The third-order valence-electron chi connectivity index (χ3n) is 5.65. The molecule has 0 aliphatic carbocycles. The van der Waals surface area contributed by atoms with Crippen molar-refractivity contribution < 1.29 is 14.4 Å². The largest absolute Gasteiger partial charge is 0.343 e. The Morgan fingerprint density at radius 1 is 1.12 bits per heavy atom. The number of aromatic amines is 1. The van der Waals surface area contributed by atoms with E-state index in [1.54, 1.807) is 53.4 Å². The lowest BCUT2D eigenvalue weighted by atomic mass is 10.2. The molecule has 2 N–H and O–H groups in total. The van der Waals surface area contributed by atoms with Crippen LogP contribution in [0.25, 0.3) is 10.9 Å². The SMILES string of the molecule is CCN(Cc1nc2ccccc2c(=O)[nH]1)C(=O)CNC(=O)c1ccc(N2CCCC2=O)cc1. The minimum atomic E-state index is -0.379. The number of benzene rings is 2. The lowest BCUT2D eigenvalue weighted by Gasteiger charge is -2.20. The number of carbonyl (C=O) groups excluding carboxylic acids is 3. The molecule has 2 aromatic carbocycles. The molecule has 1 aromatic heterocycles. The van der Waals surface area contributed by atoms with Crippen LogP contribution >= 0.6 is 0 Å². The summed E-state index contributed by atoms with van der Waals surface area (Å²) in [6.45, 7) is 2.84. The highest BCUT2D eigenvalue weighted by atomic mass is 16.2. The second-order valence-electron chi connectivity index (χ2n) is 7.82. The fourth-order valence-corrected chi connectivity index (χ4v) is 3.85. The van der Waals surface area contributed by atoms with Crippen molar-refractivity contribution in [3.8, 4) is 0 Å². The zero-order chi connectivity index (χ0) is 23.4. The Labute approximate surface area is 190 Å². The van der Waals surface area contributed by atoms with Gasteiger partial charge in [-0.3, -0.25) is 19.2 Å². The molecule has 0 radical (unpaired) electrons. The van der Waals surface area contributed by atoms with Crippen molar-refractivity contribution in [2.24, 2.45) is 0 Å². The first-order valence-electron chi connectivity index (χ1n) is 10.9. The van der Waals surface area contributed by atoms with E-state index < -0.39 is 0 Å². The van der Waals surface area contributed by atoms with Gasteiger partial charge in [0.15, 0.2) is 0 Å². The maximum Gasteiger partial charge on any atom is 0.258 e. The van der Waals surface area contributed by atoms with Gasteiger partial charge in [-0.1, -0.05) is 12.1 Å². The summed E-state index contributed by atoms with van der Waals surface area (Å²) in [5.41, 5.74) is 1.47. The molecule has 1 aliphatic rings. The fourth-order valence-electron chi connectivity index (χ4n) is 3.85. The molecule has 9 heteroatoms. The van der Waals surface area contributed by atoms with E-state index in [9.17, 15) is 19.2 Å². The molecule has 0 atom stereocenters. The summed E-state index contributed by atoms with van der Waals surface area (Å²) in [6, 6.07) is 13.8. The average Bonchev–Trinajstić information content (AvgIpc) is 3.26. The van der Waals surface area contributed by atoms with Crippen LogP contribution < -0.4 is 15.8 Å². The fraction of sp³-hybridized carbons (Fsp3) is 0.292. The van der Waals surface area contributed by atoms with Gasteiger partial charge in [-0.15, -0.1) is 0 Å². The predicted molar refractivity (Wildman–Crippen MR) is 124 cm³/mol. The van der Waals surface area contributed by atoms with Crippen molar-refractivity contribution in [3.63, 3.8) is 0 Å². The minimum absolute atomic E-state index is 0.0831. The average molecular weight is 447 g/mol. The Bertz CT molecular complexity index is 1250. The van der Waals surface area contributed by atoms with Crippen LogP contribution in [0.15, 0.2) is 53.3 Å². The Morgan fingerprint density at radius 2 is 1.88 bits per heavy atom. The molecule has 2 heterocycles. The number of aromatic nitrogens is 2. The van der Waals surface area contributed by atoms with E-state index in [0.717, 1.165) is 12.1 Å². The molecule has 3 aromatic rings. The molecule has 33 heavy (non-hydrogen) atoms. The van der Waals surface area contributed by atoms with E-state index in [4.69, 9.17) is 0 Å². The lowest BCUT2D eigenvalue weighted by molar-refractivity contribution is -0.130. The molecule has 0 unspecified atom stereocenters. The highest BCUT2D eigenvalue weighted by Crippen LogP contribution is 2.21. The number of amides is 3. The van der Waals surface area contributed by atoms with Crippen LogP contribution in [0.3, 0.4) is 0 Å². The number of para-hydroxylation sites is 1. The second-order valence-corrected chi connectivity index (χ2v) is 7.82. The minimum Gasteiger partial charge on any atom is -0.343 e. The van der Waals surface area contributed by atoms with E-state index in [1.807, 2.05) is 6.92 Å². The van der Waals surface area contributed by atoms with Gasteiger partial charge in [-0.05, 0) is 49.7 Å². The number of anilines is 1. The van der Waals surface area contributed by atoms with Crippen LogP contribution in [0.4, 0.5) is 5.69 Å². The van der Waals surface area contributed by atoms with Crippen molar-refractivity contribution in [1.29, 1.82) is 0 Å². The number of hydrogen-bond acceptors (Lipinski definition) is 5. The molecule has 1 fully saturated rings. The van der Waals surface area contributed by atoms with E-state index >= 15 is 0 Å². The van der Waals surface area contributed by atoms with Gasteiger partial charge in [0.25, 0.3) is 11.5 Å². The van der Waals surface area contributed by atoms with Gasteiger partial charge in [0.1, 0.15) is 5.82 Å². The van der Waals surface area contributed by atoms with Gasteiger partial charge in [0.05, 0.1) is 24.0 Å². The molecule has 0 saturated carbocycles. The smallest absolute Gasteiger partial charge is 0.258 e. The molecule has 9 nitrogen and oxygen atoms in total.